The zero-order valence-corrected chi connectivity index (χ0v) is 25.6. The van der Waals surface area contributed by atoms with Crippen molar-refractivity contribution in [2.45, 2.75) is 83.1 Å². The number of rotatable bonds is 22. The van der Waals surface area contributed by atoms with Crippen LogP contribution in [0, 0.1) is 5.92 Å². The van der Waals surface area contributed by atoms with Gasteiger partial charge in [-0.25, -0.2) is 0 Å². The lowest BCUT2D eigenvalue weighted by atomic mass is 10.0. The summed E-state index contributed by atoms with van der Waals surface area (Å²) in [6.45, 7) is 3.16. The molecule has 0 saturated heterocycles. The molecule has 19 heteroatoms. The number of nitrogens with two attached hydrogens (primary N) is 2. The molecular weight excluding hydrogens is 600 g/mol. The molecule has 0 aliphatic rings. The van der Waals surface area contributed by atoms with Gasteiger partial charge in [0.2, 0.25) is 35.4 Å². The fourth-order valence-corrected chi connectivity index (χ4v) is 3.84. The molecule has 0 aliphatic heterocycles. The second kappa shape index (κ2) is 21.4. The number of aliphatic carboxylic acids is 2. The smallest absolute Gasteiger partial charge is 0.322 e. The number of carbonyl (C=O) groups is 8. The molecule has 0 aromatic heterocycles. The normalized spacial score (nSPS) is 14.1. The molecule has 0 radical (unpaired) electrons. The van der Waals surface area contributed by atoms with E-state index in [1.165, 1.54) is 0 Å². The molecule has 256 valence electrons. The molecule has 45 heavy (non-hydrogen) atoms. The van der Waals surface area contributed by atoms with Gasteiger partial charge >= 0.3 is 11.9 Å². The first kappa shape index (κ1) is 40.6. The van der Waals surface area contributed by atoms with Crippen molar-refractivity contribution in [1.82, 2.24) is 31.9 Å². The van der Waals surface area contributed by atoms with Crippen LogP contribution in [0.3, 0.4) is 0 Å². The van der Waals surface area contributed by atoms with Gasteiger partial charge in [0, 0.05) is 0 Å². The van der Waals surface area contributed by atoms with Crippen molar-refractivity contribution in [2.24, 2.45) is 17.4 Å². The lowest BCUT2D eigenvalue weighted by Gasteiger charge is -2.26. The molecule has 0 saturated carbocycles. The molecule has 5 atom stereocenters. The van der Waals surface area contributed by atoms with Gasteiger partial charge in [-0.15, -0.1) is 0 Å². The Balaban J connectivity index is 5.56. The Morgan fingerprint density at radius 1 is 0.644 bits per heavy atom. The summed E-state index contributed by atoms with van der Waals surface area (Å²) in [5.74, 6) is -8.36. The highest BCUT2D eigenvalue weighted by Crippen LogP contribution is 2.07. The number of hydrogen-bond acceptors (Lipinski definition) is 11. The van der Waals surface area contributed by atoms with E-state index >= 15 is 0 Å². The van der Waals surface area contributed by atoms with Crippen LogP contribution in [0.1, 0.15) is 52.9 Å². The van der Waals surface area contributed by atoms with Crippen LogP contribution in [0.15, 0.2) is 0 Å². The van der Waals surface area contributed by atoms with Gasteiger partial charge in [-0.3, -0.25) is 38.4 Å². The van der Waals surface area contributed by atoms with E-state index in [-0.39, 0.29) is 25.3 Å². The minimum atomic E-state index is -1.77. The van der Waals surface area contributed by atoms with Crippen molar-refractivity contribution >= 4 is 47.4 Å². The van der Waals surface area contributed by atoms with Crippen molar-refractivity contribution in [3.8, 4) is 0 Å². The fraction of sp³-hybridized carbons (Fsp3) is 0.692. The minimum absolute atomic E-state index is 0.0484. The van der Waals surface area contributed by atoms with Crippen LogP contribution < -0.4 is 43.4 Å². The van der Waals surface area contributed by atoms with E-state index in [0.29, 0.717) is 19.4 Å². The van der Waals surface area contributed by atoms with Crippen LogP contribution in [0.5, 0.6) is 0 Å². The fourth-order valence-electron chi connectivity index (χ4n) is 3.84. The maximum absolute atomic E-state index is 13.0. The Bertz CT molecular complexity index is 1050. The first-order valence-corrected chi connectivity index (χ1v) is 14.3. The van der Waals surface area contributed by atoms with Gasteiger partial charge in [0.25, 0.3) is 0 Å². The highest BCUT2D eigenvalue weighted by molar-refractivity contribution is 5.97. The first-order chi connectivity index (χ1) is 21.0. The quantitative estimate of drug-likeness (QED) is 0.0493. The number of aliphatic hydroxyl groups excluding tert-OH is 1. The van der Waals surface area contributed by atoms with Crippen molar-refractivity contribution in [2.75, 3.05) is 26.2 Å². The zero-order chi connectivity index (χ0) is 34.7. The number of nitrogens with one attached hydrogen (secondary N) is 6. The maximum Gasteiger partial charge on any atom is 0.322 e. The number of amides is 6. The highest BCUT2D eigenvalue weighted by Gasteiger charge is 2.33. The van der Waals surface area contributed by atoms with E-state index < -0.39 is 97.2 Å². The molecule has 0 unspecified atom stereocenters. The Labute approximate surface area is 260 Å². The van der Waals surface area contributed by atoms with Crippen molar-refractivity contribution in [1.29, 1.82) is 0 Å². The summed E-state index contributed by atoms with van der Waals surface area (Å²) in [6.07, 6.45) is -1.17. The predicted molar refractivity (Wildman–Crippen MR) is 157 cm³/mol. The lowest BCUT2D eigenvalue weighted by molar-refractivity contribution is -0.142. The average molecular weight is 647 g/mol. The molecule has 19 nitrogen and oxygen atoms in total. The van der Waals surface area contributed by atoms with Crippen LogP contribution in [0.2, 0.25) is 0 Å². The summed E-state index contributed by atoms with van der Waals surface area (Å²) in [5.41, 5.74) is 10.7. The van der Waals surface area contributed by atoms with Crippen molar-refractivity contribution in [3.05, 3.63) is 0 Å². The van der Waals surface area contributed by atoms with Gasteiger partial charge in [-0.05, 0) is 45.1 Å². The average Bonchev–Trinajstić information content (AvgIpc) is 2.95. The highest BCUT2D eigenvalue weighted by atomic mass is 16.4. The van der Waals surface area contributed by atoms with Gasteiger partial charge in [-0.1, -0.05) is 13.8 Å². The van der Waals surface area contributed by atoms with Crippen molar-refractivity contribution in [3.63, 3.8) is 0 Å². The molecule has 13 N–H and O–H groups in total. The molecule has 0 spiro atoms. The first-order valence-electron chi connectivity index (χ1n) is 14.3. The van der Waals surface area contributed by atoms with E-state index in [2.05, 4.69) is 31.9 Å². The van der Waals surface area contributed by atoms with E-state index in [1.54, 1.807) is 13.8 Å². The summed E-state index contributed by atoms with van der Waals surface area (Å²) in [5, 5.41) is 41.7. The summed E-state index contributed by atoms with van der Waals surface area (Å²) in [7, 11) is 0. The molecule has 0 aromatic carbocycles. The van der Waals surface area contributed by atoms with Crippen LogP contribution in [0.4, 0.5) is 0 Å². The Hall–Kier alpha value is -4.36. The van der Waals surface area contributed by atoms with E-state index in [0.717, 1.165) is 6.92 Å². The SMILES string of the molecule is CC(C)C[C@H](NC(=O)[C@H](CC(=O)O)NC(=O)[C@@H](NC(=O)CNC(=O)[C@H](CCCCN)NC(=O)CN)[C@@H](C)O)C(=O)NCC(=O)O. The summed E-state index contributed by atoms with van der Waals surface area (Å²) in [4.78, 5) is 97.5. The number of carboxylic acid groups (broad SMARTS) is 2. The van der Waals surface area contributed by atoms with E-state index in [1.807, 2.05) is 0 Å². The standard InChI is InChI=1S/C26H46N8O11/c1-13(2)8-16(24(43)30-12-21(40)41)32-25(44)17(9-20(38)39)33-26(45)22(14(3)35)34-19(37)11-29-23(42)15(6-4-5-7-27)31-18(36)10-28/h13-17,22,35H,4-12,27-28H2,1-3H3,(H,29,42)(H,30,43)(H,31,36)(H,32,44)(H,33,45)(H,34,37)(H,38,39)(H,40,41)/t14-,15+,16+,17+,22+/m1/s1. The van der Waals surface area contributed by atoms with Crippen LogP contribution in [0.25, 0.3) is 0 Å². The number of hydrogen-bond donors (Lipinski definition) is 11. The third-order valence-corrected chi connectivity index (χ3v) is 6.05. The summed E-state index contributed by atoms with van der Waals surface area (Å²) < 4.78 is 0. The largest absolute Gasteiger partial charge is 0.481 e. The van der Waals surface area contributed by atoms with E-state index in [9.17, 15) is 48.6 Å². The Morgan fingerprint density at radius 2 is 1.22 bits per heavy atom. The van der Waals surface area contributed by atoms with Gasteiger partial charge in [0.15, 0.2) is 0 Å². The van der Waals surface area contributed by atoms with Crippen LogP contribution in [-0.4, -0.2) is 119 Å². The van der Waals surface area contributed by atoms with E-state index in [4.69, 9.17) is 16.6 Å². The van der Waals surface area contributed by atoms with Gasteiger partial charge in [0.1, 0.15) is 30.7 Å². The second-order valence-electron chi connectivity index (χ2n) is 10.6. The predicted octanol–water partition coefficient (Wildman–Crippen LogP) is -4.77. The lowest BCUT2D eigenvalue weighted by Crippen LogP contribution is -2.60. The Kier molecular flexibility index (Phi) is 19.3. The van der Waals surface area contributed by atoms with Gasteiger partial charge < -0.3 is 58.7 Å². The molecule has 0 heterocycles. The minimum Gasteiger partial charge on any atom is -0.481 e. The third kappa shape index (κ3) is 17.5. The van der Waals surface area contributed by atoms with Crippen molar-refractivity contribution < 1.29 is 53.7 Å². The molecule has 0 aromatic rings. The number of carboxylic acids is 2. The second-order valence-corrected chi connectivity index (χ2v) is 10.6. The Morgan fingerprint density at radius 3 is 1.73 bits per heavy atom. The molecule has 0 rings (SSSR count). The monoisotopic (exact) mass is 646 g/mol. The summed E-state index contributed by atoms with van der Waals surface area (Å²) in [6, 6.07) is -5.76. The molecule has 0 aliphatic carbocycles. The van der Waals surface area contributed by atoms with Gasteiger partial charge in [0.05, 0.1) is 25.6 Å². The van der Waals surface area contributed by atoms with Crippen LogP contribution in [-0.2, 0) is 38.4 Å². The maximum atomic E-state index is 13.0. The zero-order valence-electron chi connectivity index (χ0n) is 25.6. The number of aliphatic hydroxyl groups is 1. The van der Waals surface area contributed by atoms with Crippen LogP contribution >= 0.6 is 0 Å². The molecular formula is C26H46N8O11. The van der Waals surface area contributed by atoms with Gasteiger partial charge in [-0.2, -0.15) is 0 Å². The number of carbonyl (C=O) groups excluding carboxylic acids is 6. The summed E-state index contributed by atoms with van der Waals surface area (Å²) >= 11 is 0. The number of unbranched alkanes of at least 4 members (excludes halogenated alkanes) is 1. The topological polar surface area (TPSA) is 321 Å². The third-order valence-electron chi connectivity index (χ3n) is 6.05. The molecule has 0 fully saturated rings. The molecule has 6 amide bonds. The molecule has 0 bridgehead atoms.